The number of unbranched alkanes of at least 4 members (excludes halogenated alkanes) is 1. The molecule has 3 rings (SSSR count). The van der Waals surface area contributed by atoms with E-state index in [1.165, 1.54) is 0 Å². The van der Waals surface area contributed by atoms with Gasteiger partial charge in [0, 0.05) is 18.4 Å². The van der Waals surface area contributed by atoms with Crippen LogP contribution in [0.1, 0.15) is 69.1 Å². The van der Waals surface area contributed by atoms with Crippen molar-refractivity contribution in [3.05, 3.63) is 71.0 Å². The second-order valence-corrected chi connectivity index (χ2v) is 10.5. The summed E-state index contributed by atoms with van der Waals surface area (Å²) < 4.78 is 54.0. The summed E-state index contributed by atoms with van der Waals surface area (Å²) in [6.07, 6.45) is -2.38. The van der Waals surface area contributed by atoms with Crippen molar-refractivity contribution in [3.63, 3.8) is 0 Å². The van der Waals surface area contributed by atoms with Gasteiger partial charge in [0.05, 0.1) is 30.0 Å². The lowest BCUT2D eigenvalue weighted by atomic mass is 9.69. The van der Waals surface area contributed by atoms with Crippen molar-refractivity contribution in [2.75, 3.05) is 6.54 Å². The van der Waals surface area contributed by atoms with Gasteiger partial charge in [-0.15, -0.1) is 0 Å². The number of benzene rings is 2. The first-order valence-corrected chi connectivity index (χ1v) is 12.9. The van der Waals surface area contributed by atoms with Crippen LogP contribution in [0.25, 0.3) is 0 Å². The van der Waals surface area contributed by atoms with Crippen molar-refractivity contribution < 1.29 is 31.6 Å². The van der Waals surface area contributed by atoms with E-state index in [2.05, 4.69) is 6.07 Å². The van der Waals surface area contributed by atoms with Gasteiger partial charge in [-0.25, -0.2) is 13.7 Å². The summed E-state index contributed by atoms with van der Waals surface area (Å²) in [5, 5.41) is 10.1. The lowest BCUT2D eigenvalue weighted by Gasteiger charge is -2.36. The molecule has 204 valence electrons. The largest absolute Gasteiger partial charge is 0.416 e. The van der Waals surface area contributed by atoms with Gasteiger partial charge in [-0.2, -0.15) is 18.4 Å². The van der Waals surface area contributed by atoms with Crippen molar-refractivity contribution in [2.45, 2.75) is 76.6 Å². The van der Waals surface area contributed by atoms with Gasteiger partial charge in [-0.05, 0) is 42.5 Å². The van der Waals surface area contributed by atoms with Gasteiger partial charge < -0.3 is 5.73 Å². The first-order valence-electron chi connectivity index (χ1n) is 12.9. The van der Waals surface area contributed by atoms with E-state index in [-0.39, 0.29) is 36.9 Å². The SMILES string of the molecule is CC(C)[C@@](C#N)(CCCCC(=O)[N@@+]1(Cc2cc(C(F)(F)F)ccc2F)CCCC1C(N)=O)c1ccccc1. The number of carbonyl (C=O) groups excluding carboxylic acids is 2. The number of hydrogen-bond donors (Lipinski definition) is 1. The number of primary amides is 1. The maximum atomic E-state index is 14.7. The van der Waals surface area contributed by atoms with Gasteiger partial charge in [0.2, 0.25) is 0 Å². The standard InChI is InChI=1S/C29H33F4N3O2/c1-20(2)28(19-34,22-9-4-3-5-10-22)15-7-6-12-26(37)36(16-8-11-25(36)27(35)38)18-21-17-23(29(31,32)33)13-14-24(21)30/h3-5,9-10,13-14,17,20,25H,6-8,11-12,15-16,18H2,1-2H3,(H-,35,38)/p+1/t25?,28-,36+/m0/s1. The van der Waals surface area contributed by atoms with E-state index in [0.29, 0.717) is 44.2 Å². The molecule has 1 fully saturated rings. The highest BCUT2D eigenvalue weighted by Gasteiger charge is 2.51. The Morgan fingerprint density at radius 2 is 1.79 bits per heavy atom. The van der Waals surface area contributed by atoms with Gasteiger partial charge in [-0.1, -0.05) is 50.6 Å². The van der Waals surface area contributed by atoms with Crippen LogP contribution < -0.4 is 5.73 Å². The summed E-state index contributed by atoms with van der Waals surface area (Å²) in [5.41, 5.74) is 4.49. The Morgan fingerprint density at radius 3 is 2.37 bits per heavy atom. The van der Waals surface area contributed by atoms with E-state index in [4.69, 9.17) is 5.73 Å². The lowest BCUT2D eigenvalue weighted by molar-refractivity contribution is -0.871. The van der Waals surface area contributed by atoms with Gasteiger partial charge in [-0.3, -0.25) is 4.79 Å². The smallest absolute Gasteiger partial charge is 0.364 e. The van der Waals surface area contributed by atoms with E-state index in [1.54, 1.807) is 0 Å². The quantitative estimate of drug-likeness (QED) is 0.231. The summed E-state index contributed by atoms with van der Waals surface area (Å²) in [7, 11) is 0. The Balaban J connectivity index is 1.81. The molecule has 3 atom stereocenters. The minimum atomic E-state index is -4.67. The van der Waals surface area contributed by atoms with Crippen LogP contribution in [0.3, 0.4) is 0 Å². The average molecular weight is 533 g/mol. The summed E-state index contributed by atoms with van der Waals surface area (Å²) in [6, 6.07) is 13.1. The molecule has 1 aliphatic rings. The number of halogens is 4. The van der Waals surface area contributed by atoms with E-state index in [9.17, 15) is 32.4 Å². The summed E-state index contributed by atoms with van der Waals surface area (Å²) in [4.78, 5) is 25.9. The van der Waals surface area contributed by atoms with Crippen molar-refractivity contribution >= 4 is 11.8 Å². The van der Waals surface area contributed by atoms with Crippen molar-refractivity contribution in [1.29, 1.82) is 5.26 Å². The number of carbonyl (C=O) groups is 2. The van der Waals surface area contributed by atoms with Gasteiger partial charge >= 0.3 is 12.1 Å². The highest BCUT2D eigenvalue weighted by Crippen LogP contribution is 2.38. The second kappa shape index (κ2) is 11.6. The van der Waals surface area contributed by atoms with E-state index in [0.717, 1.165) is 11.6 Å². The summed E-state index contributed by atoms with van der Waals surface area (Å²) >= 11 is 0. The molecule has 0 aromatic heterocycles. The zero-order valence-electron chi connectivity index (χ0n) is 21.7. The third-order valence-corrected chi connectivity index (χ3v) is 7.97. The van der Waals surface area contributed by atoms with Crippen LogP contribution in [0.5, 0.6) is 0 Å². The molecule has 1 aliphatic heterocycles. The molecular weight excluding hydrogens is 498 g/mol. The highest BCUT2D eigenvalue weighted by molar-refractivity contribution is 5.82. The topological polar surface area (TPSA) is 83.9 Å². The Bertz CT molecular complexity index is 1190. The monoisotopic (exact) mass is 532 g/mol. The molecule has 1 unspecified atom stereocenters. The number of alkyl halides is 3. The number of nitrogens with two attached hydrogens (primary N) is 1. The number of likely N-dealkylation sites (tertiary alicyclic amines) is 1. The number of quaternary nitrogens is 1. The van der Waals surface area contributed by atoms with E-state index >= 15 is 0 Å². The fraction of sp³-hybridized carbons (Fsp3) is 0.483. The van der Waals surface area contributed by atoms with Crippen LogP contribution in [0.4, 0.5) is 17.6 Å². The van der Waals surface area contributed by atoms with Crippen LogP contribution in [0.15, 0.2) is 48.5 Å². The molecule has 0 saturated carbocycles. The van der Waals surface area contributed by atoms with Crippen LogP contribution in [-0.4, -0.2) is 28.9 Å². The fourth-order valence-electron chi connectivity index (χ4n) is 5.76. The lowest BCUT2D eigenvalue weighted by Crippen LogP contribution is -2.59. The Kier molecular flexibility index (Phi) is 8.98. The molecule has 0 radical (unpaired) electrons. The highest BCUT2D eigenvalue weighted by atomic mass is 19.4. The minimum Gasteiger partial charge on any atom is -0.364 e. The van der Waals surface area contributed by atoms with Crippen LogP contribution in [0, 0.1) is 23.1 Å². The fourth-order valence-corrected chi connectivity index (χ4v) is 5.76. The van der Waals surface area contributed by atoms with Gasteiger partial charge in [0.15, 0.2) is 6.04 Å². The minimum absolute atomic E-state index is 0.0192. The number of rotatable bonds is 10. The number of hydrogen-bond acceptors (Lipinski definition) is 3. The maximum Gasteiger partial charge on any atom is 0.416 e. The van der Waals surface area contributed by atoms with E-state index in [1.807, 2.05) is 44.2 Å². The van der Waals surface area contributed by atoms with Gasteiger partial charge in [0.25, 0.3) is 5.91 Å². The third-order valence-electron chi connectivity index (χ3n) is 7.97. The maximum absolute atomic E-state index is 14.7. The molecule has 5 nitrogen and oxygen atoms in total. The van der Waals surface area contributed by atoms with Crippen molar-refractivity contribution in [1.82, 2.24) is 0 Å². The first-order chi connectivity index (χ1) is 17.9. The Hall–Kier alpha value is -3.25. The number of nitriles is 1. The molecule has 9 heteroatoms. The number of nitrogens with zero attached hydrogens (tertiary/aromatic N) is 2. The molecule has 38 heavy (non-hydrogen) atoms. The molecule has 2 N–H and O–H groups in total. The Morgan fingerprint density at radius 1 is 1.11 bits per heavy atom. The summed E-state index contributed by atoms with van der Waals surface area (Å²) in [6.45, 7) is 3.78. The normalized spacial score (nSPS) is 21.2. The zero-order chi connectivity index (χ0) is 28.1. The van der Waals surface area contributed by atoms with Crippen molar-refractivity contribution in [3.8, 4) is 6.07 Å². The molecule has 2 aromatic rings. The van der Waals surface area contributed by atoms with Crippen molar-refractivity contribution in [2.24, 2.45) is 11.7 Å². The molecule has 0 spiro atoms. The summed E-state index contributed by atoms with van der Waals surface area (Å²) in [5.74, 6) is -1.92. The molecule has 0 aliphatic carbocycles. The second-order valence-electron chi connectivity index (χ2n) is 10.5. The molecule has 1 heterocycles. The first kappa shape index (κ1) is 29.3. The predicted octanol–water partition coefficient (Wildman–Crippen LogP) is 6.01. The van der Waals surface area contributed by atoms with Crippen LogP contribution in [-0.2, 0) is 27.7 Å². The van der Waals surface area contributed by atoms with Crippen LogP contribution in [0.2, 0.25) is 0 Å². The van der Waals surface area contributed by atoms with Gasteiger partial charge in [0.1, 0.15) is 12.4 Å². The van der Waals surface area contributed by atoms with E-state index < -0.39 is 39.4 Å². The third kappa shape index (κ3) is 5.91. The average Bonchev–Trinajstić information content (AvgIpc) is 3.30. The zero-order valence-corrected chi connectivity index (χ0v) is 21.7. The molecule has 0 bridgehead atoms. The molecule has 2 amide bonds. The molecule has 1 saturated heterocycles. The predicted molar refractivity (Wildman–Crippen MR) is 134 cm³/mol. The Labute approximate surface area is 220 Å². The molecule has 2 aromatic carbocycles. The number of amides is 2. The van der Waals surface area contributed by atoms with Crippen LogP contribution >= 0.6 is 0 Å². The molecular formula is C29H34F4N3O2+.